The van der Waals surface area contributed by atoms with Gasteiger partial charge in [-0.05, 0) is 56.0 Å². The highest BCUT2D eigenvalue weighted by Gasteiger charge is 2.19. The molecule has 0 aliphatic carbocycles. The molecule has 0 saturated carbocycles. The zero-order valence-electron chi connectivity index (χ0n) is 18.3. The monoisotopic (exact) mass is 420 g/mol. The molecule has 4 rings (SSSR count). The van der Waals surface area contributed by atoms with E-state index in [1.54, 1.807) is 6.21 Å². The summed E-state index contributed by atoms with van der Waals surface area (Å²) >= 11 is 0. The van der Waals surface area contributed by atoms with Gasteiger partial charge in [0.15, 0.2) is 0 Å². The van der Waals surface area contributed by atoms with Crippen molar-refractivity contribution in [2.75, 3.05) is 49.1 Å². The molecule has 2 fully saturated rings. The number of aliphatic imine (C=N–C) groups is 1. The minimum Gasteiger partial charge on any atom is -0.376 e. The van der Waals surface area contributed by atoms with Crippen LogP contribution in [0.5, 0.6) is 0 Å². The van der Waals surface area contributed by atoms with Crippen LogP contribution in [0.1, 0.15) is 30.4 Å². The van der Waals surface area contributed by atoms with Crippen molar-refractivity contribution >= 4 is 23.4 Å². The lowest BCUT2D eigenvalue weighted by atomic mass is 10.0. The number of nitrogens with zero attached hydrogens (tertiary/aromatic N) is 5. The first-order valence-corrected chi connectivity index (χ1v) is 11.2. The third-order valence-corrected chi connectivity index (χ3v) is 6.04. The van der Waals surface area contributed by atoms with Crippen LogP contribution in [0.15, 0.2) is 52.7 Å². The Hall–Kier alpha value is -2.93. The minimum atomic E-state index is 0.220. The van der Waals surface area contributed by atoms with E-state index in [9.17, 15) is 0 Å². The van der Waals surface area contributed by atoms with Crippen molar-refractivity contribution in [2.24, 2.45) is 15.9 Å². The Balaban J connectivity index is 1.37. The molecular formula is C24H32N6O. The van der Waals surface area contributed by atoms with Gasteiger partial charge in [0.2, 0.25) is 0 Å². The number of ether oxygens (including phenoxy) is 1. The number of nitrogens with two attached hydrogens (primary N) is 1. The van der Waals surface area contributed by atoms with Gasteiger partial charge in [0.05, 0.1) is 12.6 Å². The topological polar surface area (TPSA) is 79.3 Å². The lowest BCUT2D eigenvalue weighted by molar-refractivity contribution is 0.0226. The molecule has 1 aromatic carbocycles. The summed E-state index contributed by atoms with van der Waals surface area (Å²) in [5.74, 6) is 6.74. The maximum absolute atomic E-state index is 5.74. The summed E-state index contributed by atoms with van der Waals surface area (Å²) in [7, 11) is 0. The zero-order valence-corrected chi connectivity index (χ0v) is 18.3. The third kappa shape index (κ3) is 5.41. The summed E-state index contributed by atoms with van der Waals surface area (Å²) in [6.45, 7) is 7.47. The number of hydrogen-bond donors (Lipinski definition) is 1. The normalized spacial score (nSPS) is 20.4. The van der Waals surface area contributed by atoms with Crippen molar-refractivity contribution < 1.29 is 4.74 Å². The Morgan fingerprint density at radius 3 is 2.68 bits per heavy atom. The number of pyridine rings is 1. The summed E-state index contributed by atoms with van der Waals surface area (Å²) < 4.78 is 5.74. The molecule has 7 nitrogen and oxygen atoms in total. The van der Waals surface area contributed by atoms with Gasteiger partial charge in [0.25, 0.3) is 0 Å². The number of aromatic nitrogens is 1. The quantitative estimate of drug-likeness (QED) is 0.441. The zero-order chi connectivity index (χ0) is 21.5. The van der Waals surface area contributed by atoms with E-state index in [1.165, 1.54) is 12.1 Å². The van der Waals surface area contributed by atoms with E-state index < -0.39 is 0 Å². The van der Waals surface area contributed by atoms with Gasteiger partial charge in [-0.25, -0.2) is 4.98 Å². The van der Waals surface area contributed by atoms with Crippen LogP contribution >= 0.6 is 0 Å². The number of rotatable bonds is 6. The molecule has 0 bridgehead atoms. The summed E-state index contributed by atoms with van der Waals surface area (Å²) in [4.78, 5) is 13.8. The van der Waals surface area contributed by atoms with E-state index in [1.807, 2.05) is 18.3 Å². The smallest absolute Gasteiger partial charge is 0.128 e. The molecule has 7 heteroatoms. The molecule has 1 atom stereocenters. The predicted octanol–water partition coefficient (Wildman–Crippen LogP) is 3.02. The first-order valence-electron chi connectivity index (χ1n) is 11.2. The summed E-state index contributed by atoms with van der Waals surface area (Å²) in [6.07, 6.45) is 7.30. The van der Waals surface area contributed by atoms with Gasteiger partial charge in [-0.3, -0.25) is 4.99 Å². The molecule has 0 amide bonds. The Bertz CT molecular complexity index is 900. The molecule has 2 N–H and O–H groups in total. The van der Waals surface area contributed by atoms with Gasteiger partial charge >= 0.3 is 0 Å². The van der Waals surface area contributed by atoms with Crippen LogP contribution in [0.2, 0.25) is 0 Å². The van der Waals surface area contributed by atoms with Crippen LogP contribution in [-0.2, 0) is 4.74 Å². The highest BCUT2D eigenvalue weighted by Crippen LogP contribution is 2.22. The van der Waals surface area contributed by atoms with Gasteiger partial charge < -0.3 is 20.4 Å². The average Bonchev–Trinajstić information content (AvgIpc) is 2.83. The van der Waals surface area contributed by atoms with Crippen LogP contribution in [0.3, 0.4) is 0 Å². The molecule has 3 heterocycles. The second kappa shape index (κ2) is 10.4. The predicted molar refractivity (Wildman–Crippen MR) is 128 cm³/mol. The van der Waals surface area contributed by atoms with Gasteiger partial charge in [-0.15, -0.1) is 0 Å². The van der Waals surface area contributed by atoms with Crippen LogP contribution in [0.4, 0.5) is 11.5 Å². The standard InChI is InChI=1S/C24H32N6O/c1-19-16-20(29-11-13-30(14-12-29)24-7-2-4-10-27-24)8-9-22(19)23(28-25)18-26-17-21-6-3-5-15-31-21/h2,4,7-10,16,18,21H,3,5-6,11-15,17,25H2,1H3/b26-18?,28-23+. The Labute approximate surface area is 184 Å². The largest absolute Gasteiger partial charge is 0.376 e. The van der Waals surface area contributed by atoms with Crippen molar-refractivity contribution in [3.05, 3.63) is 53.7 Å². The number of anilines is 2. The summed E-state index contributed by atoms with van der Waals surface area (Å²) in [5.41, 5.74) is 4.10. The van der Waals surface area contributed by atoms with Gasteiger partial charge in [0, 0.05) is 56.4 Å². The van der Waals surface area contributed by atoms with E-state index >= 15 is 0 Å². The molecular weight excluding hydrogens is 388 g/mol. The number of piperazine rings is 1. The fourth-order valence-corrected chi connectivity index (χ4v) is 4.25. The third-order valence-electron chi connectivity index (χ3n) is 6.04. The first kappa shape index (κ1) is 21.3. The molecule has 164 valence electrons. The minimum absolute atomic E-state index is 0.220. The average molecular weight is 421 g/mol. The summed E-state index contributed by atoms with van der Waals surface area (Å²) in [6, 6.07) is 12.5. The van der Waals surface area contributed by atoms with E-state index in [-0.39, 0.29) is 6.10 Å². The SMILES string of the molecule is Cc1cc(N2CCN(c3ccccn3)CC2)ccc1/C(C=NCC1CCCCO1)=N/N. The summed E-state index contributed by atoms with van der Waals surface area (Å²) in [5, 5.41) is 3.99. The lowest BCUT2D eigenvalue weighted by Gasteiger charge is -2.37. The van der Waals surface area contributed by atoms with Crippen molar-refractivity contribution in [3.63, 3.8) is 0 Å². The van der Waals surface area contributed by atoms with Crippen LogP contribution in [-0.4, -0.2) is 62.3 Å². The molecule has 0 radical (unpaired) electrons. The Morgan fingerprint density at radius 2 is 2.00 bits per heavy atom. The van der Waals surface area contributed by atoms with Crippen LogP contribution in [0, 0.1) is 6.92 Å². The van der Waals surface area contributed by atoms with Crippen molar-refractivity contribution in [1.82, 2.24) is 4.98 Å². The first-order chi connectivity index (χ1) is 15.2. The van der Waals surface area contributed by atoms with E-state index in [4.69, 9.17) is 10.6 Å². The number of hydrogen-bond acceptors (Lipinski definition) is 7. The van der Waals surface area contributed by atoms with Crippen molar-refractivity contribution in [2.45, 2.75) is 32.3 Å². The second-order valence-electron chi connectivity index (χ2n) is 8.16. The highest BCUT2D eigenvalue weighted by atomic mass is 16.5. The molecule has 2 aromatic rings. The maximum Gasteiger partial charge on any atom is 0.128 e. The molecule has 2 aliphatic rings. The van der Waals surface area contributed by atoms with E-state index in [0.717, 1.165) is 62.6 Å². The number of benzene rings is 1. The maximum atomic E-state index is 5.74. The van der Waals surface area contributed by atoms with Crippen LogP contribution in [0.25, 0.3) is 0 Å². The molecule has 1 unspecified atom stereocenters. The fraction of sp³-hybridized carbons (Fsp3) is 0.458. The molecule has 1 aromatic heterocycles. The van der Waals surface area contributed by atoms with Gasteiger partial charge in [0.1, 0.15) is 11.5 Å². The van der Waals surface area contributed by atoms with Gasteiger partial charge in [-0.2, -0.15) is 5.10 Å². The van der Waals surface area contributed by atoms with E-state index in [0.29, 0.717) is 12.3 Å². The highest BCUT2D eigenvalue weighted by molar-refractivity contribution is 6.38. The number of hydrazone groups is 1. The molecule has 2 saturated heterocycles. The molecule has 0 spiro atoms. The van der Waals surface area contributed by atoms with Crippen molar-refractivity contribution in [3.8, 4) is 0 Å². The van der Waals surface area contributed by atoms with E-state index in [2.05, 4.69) is 56.1 Å². The second-order valence-corrected chi connectivity index (χ2v) is 8.16. The Morgan fingerprint density at radius 1 is 1.16 bits per heavy atom. The number of aryl methyl sites for hydroxylation is 1. The van der Waals surface area contributed by atoms with Crippen molar-refractivity contribution in [1.29, 1.82) is 0 Å². The fourth-order valence-electron chi connectivity index (χ4n) is 4.25. The molecule has 2 aliphatic heterocycles. The molecule has 31 heavy (non-hydrogen) atoms. The van der Waals surface area contributed by atoms with Crippen LogP contribution < -0.4 is 15.6 Å². The van der Waals surface area contributed by atoms with Gasteiger partial charge in [-0.1, -0.05) is 12.1 Å². The Kier molecular flexibility index (Phi) is 7.14. The lowest BCUT2D eigenvalue weighted by Crippen LogP contribution is -2.46.